The quantitative estimate of drug-likeness (QED) is 0.895. The normalized spacial score (nSPS) is 20.7. The molecule has 23 heavy (non-hydrogen) atoms. The minimum atomic E-state index is -0.532. The highest BCUT2D eigenvalue weighted by Crippen LogP contribution is 2.32. The van der Waals surface area contributed by atoms with E-state index in [0.717, 1.165) is 6.42 Å². The van der Waals surface area contributed by atoms with Crippen LogP contribution in [0, 0.1) is 11.7 Å². The molecule has 0 spiro atoms. The summed E-state index contributed by atoms with van der Waals surface area (Å²) < 4.78 is 13.1. The van der Waals surface area contributed by atoms with Crippen LogP contribution in [0.4, 0.5) is 9.18 Å². The van der Waals surface area contributed by atoms with Gasteiger partial charge >= 0.3 is 6.03 Å². The van der Waals surface area contributed by atoms with Crippen LogP contribution in [0.3, 0.4) is 0 Å². The zero-order valence-electron chi connectivity index (χ0n) is 13.2. The largest absolute Gasteiger partial charge is 0.333 e. The number of urea groups is 1. The maximum Gasteiger partial charge on any atom is 0.319 e. The molecule has 2 heterocycles. The first-order valence-electron chi connectivity index (χ1n) is 7.81. The van der Waals surface area contributed by atoms with Gasteiger partial charge < -0.3 is 15.5 Å². The first-order chi connectivity index (χ1) is 11.0. The predicted octanol–water partition coefficient (Wildman–Crippen LogP) is 2.32. The van der Waals surface area contributed by atoms with E-state index in [1.54, 1.807) is 17.0 Å². The molecule has 1 aromatic carbocycles. The second-order valence-corrected chi connectivity index (χ2v) is 6.38. The van der Waals surface area contributed by atoms with Crippen molar-refractivity contribution < 1.29 is 14.0 Å². The Morgan fingerprint density at radius 2 is 1.96 bits per heavy atom. The average molecular weight is 317 g/mol. The van der Waals surface area contributed by atoms with Crippen LogP contribution in [-0.2, 0) is 4.79 Å². The molecular weight excluding hydrogens is 297 g/mol. The van der Waals surface area contributed by atoms with Gasteiger partial charge in [-0.25, -0.2) is 9.18 Å². The van der Waals surface area contributed by atoms with E-state index in [1.165, 1.54) is 12.1 Å². The molecule has 2 aliphatic rings. The van der Waals surface area contributed by atoms with Gasteiger partial charge in [0.15, 0.2) is 0 Å². The van der Waals surface area contributed by atoms with Gasteiger partial charge in [0.1, 0.15) is 5.82 Å². The zero-order chi connectivity index (χ0) is 16.6. The smallest absolute Gasteiger partial charge is 0.319 e. The molecule has 0 bridgehead atoms. The molecule has 0 unspecified atom stereocenters. The van der Waals surface area contributed by atoms with Crippen molar-refractivity contribution in [1.82, 2.24) is 15.5 Å². The van der Waals surface area contributed by atoms with E-state index in [9.17, 15) is 14.0 Å². The summed E-state index contributed by atoms with van der Waals surface area (Å²) in [5.74, 6) is 0.0861. The highest BCUT2D eigenvalue weighted by molar-refractivity contribution is 6.01. The molecule has 3 rings (SSSR count). The van der Waals surface area contributed by atoms with E-state index in [-0.39, 0.29) is 17.8 Å². The standard InChI is InChI=1S/C17H20FN3O2/c1-10(2)7-8-21-9-13-14(16(21)22)15(20-17(23)19-13)11-3-5-12(18)6-4-11/h3-6,10,15H,7-9H2,1-2H3,(H2,19,20,23)/t15-/m1/s1. The van der Waals surface area contributed by atoms with E-state index in [4.69, 9.17) is 0 Å². The van der Waals surface area contributed by atoms with Gasteiger partial charge in [-0.15, -0.1) is 0 Å². The molecule has 0 radical (unpaired) electrons. The molecule has 1 atom stereocenters. The number of amides is 3. The fourth-order valence-electron chi connectivity index (χ4n) is 2.93. The van der Waals surface area contributed by atoms with Crippen molar-refractivity contribution in [3.05, 3.63) is 46.9 Å². The van der Waals surface area contributed by atoms with Gasteiger partial charge in [0.05, 0.1) is 23.9 Å². The SMILES string of the molecule is CC(C)CCN1CC2=C(C1=O)[C@@H](c1ccc(F)cc1)NC(=O)N2. The zero-order valence-corrected chi connectivity index (χ0v) is 13.2. The number of rotatable bonds is 4. The van der Waals surface area contributed by atoms with Crippen molar-refractivity contribution >= 4 is 11.9 Å². The Morgan fingerprint density at radius 3 is 2.61 bits per heavy atom. The molecule has 0 saturated heterocycles. The van der Waals surface area contributed by atoms with Gasteiger partial charge in [-0.3, -0.25) is 4.79 Å². The van der Waals surface area contributed by atoms with Gasteiger partial charge in [0.2, 0.25) is 0 Å². The van der Waals surface area contributed by atoms with Crippen LogP contribution in [0.25, 0.3) is 0 Å². The van der Waals surface area contributed by atoms with Gasteiger partial charge in [-0.2, -0.15) is 0 Å². The Labute approximate surface area is 134 Å². The van der Waals surface area contributed by atoms with Gasteiger partial charge in [-0.1, -0.05) is 26.0 Å². The van der Waals surface area contributed by atoms with Crippen molar-refractivity contribution in [2.45, 2.75) is 26.3 Å². The molecule has 3 amide bonds. The number of nitrogens with one attached hydrogen (secondary N) is 2. The van der Waals surface area contributed by atoms with Gasteiger partial charge in [0, 0.05) is 6.54 Å². The Balaban J connectivity index is 1.87. The molecule has 0 fully saturated rings. The number of carbonyl (C=O) groups excluding carboxylic acids is 2. The molecule has 5 nitrogen and oxygen atoms in total. The first kappa shape index (κ1) is 15.5. The average Bonchev–Trinajstić information content (AvgIpc) is 2.81. The van der Waals surface area contributed by atoms with Crippen LogP contribution in [-0.4, -0.2) is 29.9 Å². The van der Waals surface area contributed by atoms with Gasteiger partial charge in [-0.05, 0) is 30.0 Å². The van der Waals surface area contributed by atoms with E-state index < -0.39 is 6.04 Å². The lowest BCUT2D eigenvalue weighted by atomic mass is 9.96. The van der Waals surface area contributed by atoms with Crippen LogP contribution in [0.2, 0.25) is 0 Å². The minimum absolute atomic E-state index is 0.0672. The van der Waals surface area contributed by atoms with Crippen molar-refractivity contribution in [3.63, 3.8) is 0 Å². The summed E-state index contributed by atoms with van der Waals surface area (Å²) in [5, 5.41) is 5.49. The summed E-state index contributed by atoms with van der Waals surface area (Å²) in [5.41, 5.74) is 1.91. The number of nitrogens with zero attached hydrogens (tertiary/aromatic N) is 1. The van der Waals surface area contributed by atoms with Crippen LogP contribution < -0.4 is 10.6 Å². The van der Waals surface area contributed by atoms with E-state index in [1.807, 2.05) is 0 Å². The van der Waals surface area contributed by atoms with E-state index in [0.29, 0.717) is 35.8 Å². The maximum atomic E-state index is 13.1. The Hall–Kier alpha value is -2.37. The summed E-state index contributed by atoms with van der Waals surface area (Å²) >= 11 is 0. The van der Waals surface area contributed by atoms with Crippen LogP contribution >= 0.6 is 0 Å². The molecule has 2 N–H and O–H groups in total. The number of carbonyl (C=O) groups is 2. The Kier molecular flexibility index (Phi) is 4.07. The molecule has 0 saturated carbocycles. The molecule has 2 aliphatic heterocycles. The van der Waals surface area contributed by atoms with Crippen molar-refractivity contribution in [3.8, 4) is 0 Å². The summed E-state index contributed by atoms with van der Waals surface area (Å²) in [6, 6.07) is 4.99. The van der Waals surface area contributed by atoms with Crippen molar-refractivity contribution in [2.24, 2.45) is 5.92 Å². The third-order valence-corrected chi connectivity index (χ3v) is 4.20. The van der Waals surface area contributed by atoms with Crippen molar-refractivity contribution in [1.29, 1.82) is 0 Å². The van der Waals surface area contributed by atoms with E-state index >= 15 is 0 Å². The predicted molar refractivity (Wildman–Crippen MR) is 83.9 cm³/mol. The number of hydrogen-bond donors (Lipinski definition) is 2. The number of halogens is 1. The lowest BCUT2D eigenvalue weighted by molar-refractivity contribution is -0.125. The highest BCUT2D eigenvalue weighted by atomic mass is 19.1. The van der Waals surface area contributed by atoms with Gasteiger partial charge in [0.25, 0.3) is 5.91 Å². The molecule has 122 valence electrons. The van der Waals surface area contributed by atoms with E-state index in [2.05, 4.69) is 24.5 Å². The lowest BCUT2D eigenvalue weighted by Crippen LogP contribution is -2.44. The topological polar surface area (TPSA) is 61.4 Å². The van der Waals surface area contributed by atoms with Crippen LogP contribution in [0.1, 0.15) is 31.9 Å². The molecule has 1 aromatic rings. The molecular formula is C17H20FN3O2. The third kappa shape index (κ3) is 3.06. The van der Waals surface area contributed by atoms with Crippen LogP contribution in [0.5, 0.6) is 0 Å². The third-order valence-electron chi connectivity index (χ3n) is 4.20. The monoisotopic (exact) mass is 317 g/mol. The Morgan fingerprint density at radius 1 is 1.26 bits per heavy atom. The second kappa shape index (κ2) is 6.02. The number of benzene rings is 1. The molecule has 6 heteroatoms. The first-order valence-corrected chi connectivity index (χ1v) is 7.81. The minimum Gasteiger partial charge on any atom is -0.333 e. The number of hydrogen-bond acceptors (Lipinski definition) is 2. The fraction of sp³-hybridized carbons (Fsp3) is 0.412. The molecule has 0 aliphatic carbocycles. The van der Waals surface area contributed by atoms with Crippen LogP contribution in [0.15, 0.2) is 35.5 Å². The maximum absolute atomic E-state index is 13.1. The van der Waals surface area contributed by atoms with Crippen molar-refractivity contribution in [2.75, 3.05) is 13.1 Å². The fourth-order valence-corrected chi connectivity index (χ4v) is 2.93. The summed E-state index contributed by atoms with van der Waals surface area (Å²) in [6.45, 7) is 5.30. The molecule has 0 aromatic heterocycles. The summed E-state index contributed by atoms with van der Waals surface area (Å²) in [6.07, 6.45) is 0.912. The summed E-state index contributed by atoms with van der Waals surface area (Å²) in [4.78, 5) is 26.3. The summed E-state index contributed by atoms with van der Waals surface area (Å²) in [7, 11) is 0. The second-order valence-electron chi connectivity index (χ2n) is 6.38. The highest BCUT2D eigenvalue weighted by Gasteiger charge is 2.40. The lowest BCUT2D eigenvalue weighted by Gasteiger charge is -2.25. The Bertz CT molecular complexity index is 667.